The third-order valence-corrected chi connectivity index (χ3v) is 4.35. The van der Waals surface area contributed by atoms with Crippen LogP contribution in [0.25, 0.3) is 22.2 Å². The van der Waals surface area contributed by atoms with Crippen molar-refractivity contribution in [3.63, 3.8) is 0 Å². The highest BCUT2D eigenvalue weighted by Gasteiger charge is 2.32. The van der Waals surface area contributed by atoms with Crippen molar-refractivity contribution in [2.45, 2.75) is 26.4 Å². The molecule has 154 valence electrons. The van der Waals surface area contributed by atoms with Crippen LogP contribution in [-0.4, -0.2) is 39.9 Å². The number of alkyl halides is 3. The van der Waals surface area contributed by atoms with Gasteiger partial charge >= 0.3 is 12.1 Å². The summed E-state index contributed by atoms with van der Waals surface area (Å²) < 4.78 is 50.0. The number of aromatic nitrogens is 3. The molecule has 3 rings (SSSR count). The van der Waals surface area contributed by atoms with Crippen LogP contribution in [0, 0.1) is 0 Å². The normalized spacial score (nSPS) is 11.7. The van der Waals surface area contributed by atoms with Crippen molar-refractivity contribution in [3.8, 4) is 16.9 Å². The summed E-state index contributed by atoms with van der Waals surface area (Å²) in [6.45, 7) is 2.08. The number of ether oxygens (including phenoxy) is 2. The summed E-state index contributed by atoms with van der Waals surface area (Å²) in [5.74, 6) is -0.968. The first-order valence-electron chi connectivity index (χ1n) is 9.06. The Morgan fingerprint density at radius 2 is 2.03 bits per heavy atom. The van der Waals surface area contributed by atoms with E-state index in [1.54, 1.807) is 38.5 Å². The second-order valence-electron chi connectivity index (χ2n) is 6.31. The number of rotatable bonds is 6. The third-order valence-electron chi connectivity index (χ3n) is 4.35. The number of esters is 1. The fourth-order valence-corrected chi connectivity index (χ4v) is 3.12. The fraction of sp³-hybridized carbons (Fsp3) is 0.350. The molecule has 0 aromatic carbocycles. The van der Waals surface area contributed by atoms with Crippen LogP contribution in [0.4, 0.5) is 13.2 Å². The number of aryl methyl sites for hydroxylation is 2. The second kappa shape index (κ2) is 8.10. The van der Waals surface area contributed by atoms with E-state index in [0.29, 0.717) is 23.0 Å². The Kier molecular flexibility index (Phi) is 5.76. The molecule has 0 aliphatic heterocycles. The maximum atomic E-state index is 12.8. The molecule has 0 aliphatic carbocycles. The minimum absolute atomic E-state index is 0.0770. The number of hydrogen-bond donors (Lipinski definition) is 0. The van der Waals surface area contributed by atoms with Gasteiger partial charge in [-0.3, -0.25) is 4.98 Å². The predicted molar refractivity (Wildman–Crippen MR) is 101 cm³/mol. The van der Waals surface area contributed by atoms with Crippen LogP contribution < -0.4 is 4.74 Å². The highest BCUT2D eigenvalue weighted by Crippen LogP contribution is 2.37. The number of carbonyl (C=O) groups is 1. The molecular formula is C20H20F3N3O3. The van der Waals surface area contributed by atoms with Crippen molar-refractivity contribution >= 4 is 17.0 Å². The van der Waals surface area contributed by atoms with Crippen LogP contribution in [0.2, 0.25) is 0 Å². The average Bonchev–Trinajstić information content (AvgIpc) is 2.97. The molecule has 0 aliphatic rings. The summed E-state index contributed by atoms with van der Waals surface area (Å²) in [4.78, 5) is 21.1. The fourth-order valence-electron chi connectivity index (χ4n) is 3.12. The number of pyridine rings is 2. The Hall–Kier alpha value is -3.10. The van der Waals surface area contributed by atoms with E-state index in [-0.39, 0.29) is 18.1 Å². The summed E-state index contributed by atoms with van der Waals surface area (Å²) >= 11 is 0. The Morgan fingerprint density at radius 3 is 2.62 bits per heavy atom. The van der Waals surface area contributed by atoms with E-state index in [1.807, 2.05) is 13.0 Å². The number of halogens is 3. The van der Waals surface area contributed by atoms with Crippen molar-refractivity contribution in [2.75, 3.05) is 13.2 Å². The maximum absolute atomic E-state index is 12.8. The monoisotopic (exact) mass is 407 g/mol. The standard InChI is InChI=1S/C20H20F3N3O3/c1-4-15-13(12-7-6-8-24-10-12)9-14-17(29-11-20(21,22)23)16(19(27)28-5-2)26(3)18(14)25-15/h6-10H,4-5,11H2,1-3H3. The van der Waals surface area contributed by atoms with Gasteiger partial charge in [-0.2, -0.15) is 13.2 Å². The summed E-state index contributed by atoms with van der Waals surface area (Å²) in [5.41, 5.74) is 2.44. The van der Waals surface area contributed by atoms with Gasteiger partial charge < -0.3 is 14.0 Å². The lowest BCUT2D eigenvalue weighted by Crippen LogP contribution is -2.20. The summed E-state index contributed by atoms with van der Waals surface area (Å²) in [6.07, 6.45) is -0.705. The Labute approximate surface area is 165 Å². The molecule has 0 saturated carbocycles. The van der Waals surface area contributed by atoms with Crippen LogP contribution >= 0.6 is 0 Å². The lowest BCUT2D eigenvalue weighted by atomic mass is 10.0. The van der Waals surface area contributed by atoms with Crippen molar-refractivity contribution < 1.29 is 27.4 Å². The molecule has 0 bridgehead atoms. The third kappa shape index (κ3) is 4.18. The van der Waals surface area contributed by atoms with Crippen molar-refractivity contribution in [3.05, 3.63) is 42.0 Å². The predicted octanol–water partition coefficient (Wildman–Crippen LogP) is 4.32. The van der Waals surface area contributed by atoms with Crippen LogP contribution in [0.15, 0.2) is 30.6 Å². The van der Waals surface area contributed by atoms with Crippen LogP contribution in [-0.2, 0) is 18.2 Å². The molecule has 0 radical (unpaired) electrons. The molecule has 0 fully saturated rings. The molecule has 0 amide bonds. The molecule has 0 unspecified atom stereocenters. The maximum Gasteiger partial charge on any atom is 0.422 e. The second-order valence-corrected chi connectivity index (χ2v) is 6.31. The first-order chi connectivity index (χ1) is 13.8. The minimum atomic E-state index is -4.56. The van der Waals surface area contributed by atoms with Gasteiger partial charge in [0.15, 0.2) is 18.1 Å². The van der Waals surface area contributed by atoms with Gasteiger partial charge in [-0.1, -0.05) is 13.0 Å². The van der Waals surface area contributed by atoms with E-state index in [9.17, 15) is 18.0 Å². The van der Waals surface area contributed by atoms with E-state index < -0.39 is 18.8 Å². The van der Waals surface area contributed by atoms with Crippen molar-refractivity contribution in [1.82, 2.24) is 14.5 Å². The number of nitrogens with zero attached hydrogens (tertiary/aromatic N) is 3. The van der Waals surface area contributed by atoms with Crippen LogP contribution in [0.5, 0.6) is 5.75 Å². The first-order valence-corrected chi connectivity index (χ1v) is 9.06. The van der Waals surface area contributed by atoms with Gasteiger partial charge in [0.2, 0.25) is 0 Å². The minimum Gasteiger partial charge on any atom is -0.481 e. The Morgan fingerprint density at radius 1 is 1.28 bits per heavy atom. The van der Waals surface area contributed by atoms with Gasteiger partial charge in [-0.15, -0.1) is 0 Å². The first kappa shape index (κ1) is 20.6. The molecule has 6 nitrogen and oxygen atoms in total. The zero-order chi connectivity index (χ0) is 21.2. The smallest absolute Gasteiger partial charge is 0.422 e. The number of hydrogen-bond acceptors (Lipinski definition) is 5. The van der Waals surface area contributed by atoms with Crippen molar-refractivity contribution in [1.29, 1.82) is 0 Å². The molecular weight excluding hydrogens is 387 g/mol. The van der Waals surface area contributed by atoms with Gasteiger partial charge in [-0.25, -0.2) is 9.78 Å². The molecule has 3 aromatic rings. The summed E-state index contributed by atoms with van der Waals surface area (Å²) in [7, 11) is 1.55. The summed E-state index contributed by atoms with van der Waals surface area (Å²) in [6, 6.07) is 5.28. The quantitative estimate of drug-likeness (QED) is 0.570. The zero-order valence-electron chi connectivity index (χ0n) is 16.2. The zero-order valence-corrected chi connectivity index (χ0v) is 16.2. The van der Waals surface area contributed by atoms with Crippen LogP contribution in [0.3, 0.4) is 0 Å². The van der Waals surface area contributed by atoms with E-state index in [0.717, 1.165) is 11.3 Å². The molecule has 0 atom stereocenters. The molecule has 9 heteroatoms. The van der Waals surface area contributed by atoms with E-state index in [4.69, 9.17) is 9.47 Å². The highest BCUT2D eigenvalue weighted by molar-refractivity contribution is 6.01. The SMILES string of the molecule is CCOC(=O)c1c(OCC(F)(F)F)c2cc(-c3cccnc3)c(CC)nc2n1C. The highest BCUT2D eigenvalue weighted by atomic mass is 19.4. The average molecular weight is 407 g/mol. The van der Waals surface area contributed by atoms with E-state index in [1.165, 1.54) is 4.57 Å². The largest absolute Gasteiger partial charge is 0.481 e. The van der Waals surface area contributed by atoms with Gasteiger partial charge in [0, 0.05) is 30.6 Å². The topological polar surface area (TPSA) is 66.2 Å². The van der Waals surface area contributed by atoms with Gasteiger partial charge in [0.05, 0.1) is 17.7 Å². The summed E-state index contributed by atoms with van der Waals surface area (Å²) in [5, 5.41) is 0.302. The molecule has 0 N–H and O–H groups in total. The molecule has 3 aromatic heterocycles. The number of carbonyl (C=O) groups excluding carboxylic acids is 1. The van der Waals surface area contributed by atoms with Gasteiger partial charge in [0.25, 0.3) is 0 Å². The van der Waals surface area contributed by atoms with E-state index >= 15 is 0 Å². The van der Waals surface area contributed by atoms with Gasteiger partial charge in [-0.05, 0) is 25.5 Å². The molecule has 0 saturated heterocycles. The molecule has 29 heavy (non-hydrogen) atoms. The van der Waals surface area contributed by atoms with E-state index in [2.05, 4.69) is 9.97 Å². The molecule has 3 heterocycles. The van der Waals surface area contributed by atoms with Crippen molar-refractivity contribution in [2.24, 2.45) is 7.05 Å². The Bertz CT molecular complexity index is 1030. The lowest BCUT2D eigenvalue weighted by Gasteiger charge is -2.11. The van der Waals surface area contributed by atoms with Crippen LogP contribution in [0.1, 0.15) is 30.0 Å². The number of fused-ring (bicyclic) bond motifs is 1. The lowest BCUT2D eigenvalue weighted by molar-refractivity contribution is -0.153. The Balaban J connectivity index is 2.27. The molecule has 0 spiro atoms. The van der Waals surface area contributed by atoms with Gasteiger partial charge in [0.1, 0.15) is 5.65 Å².